The van der Waals surface area contributed by atoms with Crippen LogP contribution in [0.3, 0.4) is 0 Å². The van der Waals surface area contributed by atoms with Gasteiger partial charge in [0.1, 0.15) is 36.3 Å². The maximum atomic E-state index is 15.8. The number of H-pyrrole nitrogens is 1. The highest BCUT2D eigenvalue weighted by Crippen LogP contribution is 2.51. The smallest absolute Gasteiger partial charge is 0.382 e. The van der Waals surface area contributed by atoms with E-state index in [4.69, 9.17) is 39.0 Å². The quantitative estimate of drug-likeness (QED) is 0.209. The molecule has 43 heavy (non-hydrogen) atoms. The molecule has 0 radical (unpaired) electrons. The number of rotatable bonds is 2. The van der Waals surface area contributed by atoms with Gasteiger partial charge in [0.05, 0.1) is 25.9 Å². The molecule has 0 saturated carbocycles. The van der Waals surface area contributed by atoms with Gasteiger partial charge in [-0.25, -0.2) is 33.3 Å². The van der Waals surface area contributed by atoms with Gasteiger partial charge in [0.2, 0.25) is 5.95 Å². The number of aromatic nitrogens is 8. The Morgan fingerprint density at radius 1 is 0.977 bits per heavy atom. The average Bonchev–Trinajstić information content (AvgIpc) is 3.71. The van der Waals surface area contributed by atoms with Crippen LogP contribution in [-0.4, -0.2) is 93.9 Å². The lowest BCUT2D eigenvalue weighted by molar-refractivity contribution is -0.0579. The van der Waals surface area contributed by atoms with Crippen LogP contribution in [0.5, 0.6) is 0 Å². The zero-order valence-electron chi connectivity index (χ0n) is 21.5. The second kappa shape index (κ2) is 10.7. The molecule has 0 aromatic carbocycles. The number of hydrogen-bond acceptors (Lipinski definition) is 15. The molecule has 7 rings (SSSR count). The lowest BCUT2D eigenvalue weighted by Crippen LogP contribution is -2.36. The zero-order chi connectivity index (χ0) is 30.0. The predicted octanol–water partition coefficient (Wildman–Crippen LogP) is 0.0210. The van der Waals surface area contributed by atoms with Gasteiger partial charge in [0, 0.05) is 0 Å². The number of nitrogens with zero attached hydrogens (tertiary/aromatic N) is 7. The van der Waals surface area contributed by atoms with Crippen molar-refractivity contribution >= 4 is 51.0 Å². The van der Waals surface area contributed by atoms with Crippen LogP contribution in [0.15, 0.2) is 23.8 Å². The number of fused-ring (bicyclic) bond motifs is 4. The number of imidazole rings is 2. The molecule has 3 unspecified atom stereocenters. The second-order valence-corrected chi connectivity index (χ2v) is 11.8. The summed E-state index contributed by atoms with van der Waals surface area (Å²) < 4.78 is 79.9. The standard InChI is InChI=1S/C20H22F2N10O9P2/c21-8-12-7(39-18(8)31-4-27-10-14(23)25-3-26-15(10)31)2-37-43(34,35)41-13-6(1-36-42-40-12)38-19(9(13)22)32-5-28-11-16(32)29-20(24)30-17(11)33/h3-9,12-13,18-19,42H,1-2H2,(H,34,35)(H2,23,25,26)(H3,24,29,30,33)/t6-,7?,8-,9-,12-,13-,18-,19-/m1/s1. The van der Waals surface area contributed by atoms with E-state index in [1.165, 1.54) is 17.2 Å². The Morgan fingerprint density at radius 3 is 2.42 bits per heavy atom. The molecule has 230 valence electrons. The third kappa shape index (κ3) is 4.95. The van der Waals surface area contributed by atoms with E-state index in [0.717, 1.165) is 10.9 Å². The van der Waals surface area contributed by atoms with Gasteiger partial charge >= 0.3 is 7.82 Å². The number of aromatic amines is 1. The number of anilines is 2. The first-order valence-electron chi connectivity index (χ1n) is 12.5. The maximum absolute atomic E-state index is 15.8. The van der Waals surface area contributed by atoms with Gasteiger partial charge < -0.3 is 34.9 Å². The molecule has 19 nitrogen and oxygen atoms in total. The minimum Gasteiger partial charge on any atom is -0.382 e. The largest absolute Gasteiger partial charge is 0.472 e. The van der Waals surface area contributed by atoms with Crippen molar-refractivity contribution in [3.05, 3.63) is 29.3 Å². The minimum absolute atomic E-state index is 0.0768. The number of nitrogens with two attached hydrogens (primary N) is 2. The topological polar surface area (TPSA) is 252 Å². The van der Waals surface area contributed by atoms with Gasteiger partial charge in [-0.1, -0.05) is 0 Å². The molecule has 10 atom stereocenters. The predicted molar refractivity (Wildman–Crippen MR) is 140 cm³/mol. The number of phosphoric acid groups is 1. The summed E-state index contributed by atoms with van der Waals surface area (Å²) in [4.78, 5) is 44.9. The van der Waals surface area contributed by atoms with Crippen molar-refractivity contribution in [3.63, 3.8) is 0 Å². The summed E-state index contributed by atoms with van der Waals surface area (Å²) in [5, 5.41) is 0. The Bertz CT molecular complexity index is 1790. The van der Waals surface area contributed by atoms with Crippen LogP contribution < -0.4 is 17.0 Å². The molecule has 6 N–H and O–H groups in total. The van der Waals surface area contributed by atoms with Crippen molar-refractivity contribution in [2.24, 2.45) is 0 Å². The number of hydrogen-bond donors (Lipinski definition) is 4. The van der Waals surface area contributed by atoms with Crippen LogP contribution in [-0.2, 0) is 32.1 Å². The van der Waals surface area contributed by atoms with E-state index in [1.54, 1.807) is 0 Å². The van der Waals surface area contributed by atoms with E-state index >= 15 is 8.78 Å². The summed E-state index contributed by atoms with van der Waals surface area (Å²) in [5.41, 5.74) is 11.0. The molecular formula is C20H22F2N10O9P2. The zero-order valence-corrected chi connectivity index (χ0v) is 23.4. The van der Waals surface area contributed by atoms with Crippen LogP contribution in [0.4, 0.5) is 20.5 Å². The minimum atomic E-state index is -5.01. The van der Waals surface area contributed by atoms with Crippen molar-refractivity contribution < 1.29 is 45.8 Å². The number of nitrogens with one attached hydrogen (secondary N) is 1. The van der Waals surface area contributed by atoms with E-state index in [0.29, 0.717) is 0 Å². The summed E-state index contributed by atoms with van der Waals surface area (Å²) in [7, 11) is -5.80. The van der Waals surface area contributed by atoms with E-state index in [2.05, 4.69) is 29.9 Å². The Kier molecular flexibility index (Phi) is 7.11. The Balaban J connectivity index is 1.12. The monoisotopic (exact) mass is 646 g/mol. The molecule has 0 amide bonds. The first-order valence-corrected chi connectivity index (χ1v) is 14.8. The highest BCUT2D eigenvalue weighted by Gasteiger charge is 2.53. The first-order chi connectivity index (χ1) is 20.6. The summed E-state index contributed by atoms with van der Waals surface area (Å²) in [6.07, 6.45) is -8.73. The van der Waals surface area contributed by atoms with E-state index in [9.17, 15) is 14.3 Å². The van der Waals surface area contributed by atoms with Gasteiger partial charge in [-0.15, -0.1) is 0 Å². The SMILES string of the molecule is Nc1nc2c(ncn2[C@@H]2O[C@@H]3COPO[C@@H]4C(COP(=O)(O)O[C@H]3[C@H]2F)O[C@@H](n2cnc3c(N)ncnc32)[C@@H]4F)c(=O)[nH]1. The summed E-state index contributed by atoms with van der Waals surface area (Å²) in [6.45, 7) is -1.08. The second-order valence-electron chi connectivity index (χ2n) is 9.69. The highest BCUT2D eigenvalue weighted by atomic mass is 31.2. The number of phosphoric ester groups is 1. The van der Waals surface area contributed by atoms with Gasteiger partial charge in [-0.2, -0.15) is 4.98 Å². The maximum Gasteiger partial charge on any atom is 0.472 e. The molecule has 7 heterocycles. The van der Waals surface area contributed by atoms with Gasteiger partial charge in [-0.3, -0.25) is 28.0 Å². The fraction of sp³-hybridized carbons (Fsp3) is 0.500. The number of halogens is 2. The van der Waals surface area contributed by atoms with E-state index < -0.39 is 84.8 Å². The van der Waals surface area contributed by atoms with Crippen molar-refractivity contribution in [3.8, 4) is 0 Å². The Labute approximate surface area is 239 Å². The summed E-state index contributed by atoms with van der Waals surface area (Å²) in [6, 6.07) is 0. The van der Waals surface area contributed by atoms with Crippen molar-refractivity contribution in [2.45, 2.75) is 49.2 Å². The van der Waals surface area contributed by atoms with Gasteiger partial charge in [0.25, 0.3) is 5.56 Å². The molecule has 3 fully saturated rings. The number of nitrogen functional groups attached to an aromatic ring is 2. The molecule has 23 heteroatoms. The molecule has 3 saturated heterocycles. The molecule has 0 aliphatic carbocycles. The van der Waals surface area contributed by atoms with Crippen LogP contribution in [0.25, 0.3) is 22.3 Å². The van der Waals surface area contributed by atoms with Crippen LogP contribution in [0.2, 0.25) is 0 Å². The third-order valence-corrected chi connectivity index (χ3v) is 8.71. The fourth-order valence-electron chi connectivity index (χ4n) is 5.11. The normalized spacial score (nSPS) is 36.0. The molecular weight excluding hydrogens is 624 g/mol. The van der Waals surface area contributed by atoms with Crippen LogP contribution >= 0.6 is 16.9 Å². The van der Waals surface area contributed by atoms with Crippen molar-refractivity contribution in [2.75, 3.05) is 24.7 Å². The van der Waals surface area contributed by atoms with E-state index in [1.807, 2.05) is 0 Å². The Hall–Kier alpha value is -3.26. The molecule has 3 aliphatic heterocycles. The summed E-state index contributed by atoms with van der Waals surface area (Å²) in [5.74, 6) is -0.168. The molecule has 3 aliphatic rings. The van der Waals surface area contributed by atoms with Gasteiger partial charge in [-0.05, 0) is 0 Å². The first kappa shape index (κ1) is 28.5. The lowest BCUT2D eigenvalue weighted by atomic mass is 10.1. The number of ether oxygens (including phenoxy) is 2. The fourth-order valence-corrected chi connectivity index (χ4v) is 6.76. The molecule has 0 spiro atoms. The average molecular weight is 646 g/mol. The summed E-state index contributed by atoms with van der Waals surface area (Å²) >= 11 is 0. The van der Waals surface area contributed by atoms with Crippen molar-refractivity contribution in [1.29, 1.82) is 0 Å². The highest BCUT2D eigenvalue weighted by molar-refractivity contribution is 7.47. The van der Waals surface area contributed by atoms with Gasteiger partial charge in [0.15, 0.2) is 56.5 Å². The van der Waals surface area contributed by atoms with Crippen LogP contribution in [0, 0.1) is 0 Å². The number of alkyl halides is 2. The molecule has 4 aromatic heterocycles. The van der Waals surface area contributed by atoms with Crippen molar-refractivity contribution in [1.82, 2.24) is 39.0 Å². The molecule has 0 bridgehead atoms. The molecule has 4 aromatic rings. The van der Waals surface area contributed by atoms with E-state index in [-0.39, 0.29) is 34.1 Å². The lowest BCUT2D eigenvalue weighted by Gasteiger charge is -2.25. The Morgan fingerprint density at radius 2 is 1.65 bits per heavy atom. The third-order valence-electron chi connectivity index (χ3n) is 7.07. The van der Waals surface area contributed by atoms with Crippen LogP contribution in [0.1, 0.15) is 12.5 Å².